The van der Waals surface area contributed by atoms with E-state index in [2.05, 4.69) is 20.7 Å². The van der Waals surface area contributed by atoms with Crippen molar-refractivity contribution in [1.82, 2.24) is 14.8 Å². The van der Waals surface area contributed by atoms with E-state index in [0.29, 0.717) is 5.82 Å². The number of nitrogens with two attached hydrogens (primary N) is 1. The SMILES string of the molecule is Cc1cc(Nc2cc(NCOc3ccccc3C(N)=O)c(C(F)(F)F)cn2)n(C)n1. The van der Waals surface area contributed by atoms with Gasteiger partial charge in [0.15, 0.2) is 6.73 Å². The summed E-state index contributed by atoms with van der Waals surface area (Å²) in [5.41, 5.74) is 4.94. The number of nitrogens with zero attached hydrogens (tertiary/aromatic N) is 3. The molecule has 0 saturated carbocycles. The number of ether oxygens (including phenoxy) is 1. The predicted octanol–water partition coefficient (Wildman–Crippen LogP) is 3.43. The summed E-state index contributed by atoms with van der Waals surface area (Å²) in [4.78, 5) is 15.3. The molecule has 3 aromatic rings. The highest BCUT2D eigenvalue weighted by molar-refractivity contribution is 5.95. The van der Waals surface area contributed by atoms with Gasteiger partial charge in [-0.1, -0.05) is 12.1 Å². The topological polar surface area (TPSA) is 107 Å². The second kappa shape index (κ2) is 8.31. The van der Waals surface area contributed by atoms with Crippen molar-refractivity contribution >= 4 is 23.2 Å². The summed E-state index contributed by atoms with van der Waals surface area (Å²) in [7, 11) is 1.70. The van der Waals surface area contributed by atoms with Gasteiger partial charge in [0.2, 0.25) is 0 Å². The maximum atomic E-state index is 13.4. The van der Waals surface area contributed by atoms with Crippen molar-refractivity contribution in [2.75, 3.05) is 17.4 Å². The third kappa shape index (κ3) is 4.80. The van der Waals surface area contributed by atoms with Gasteiger partial charge in [0.1, 0.15) is 17.4 Å². The van der Waals surface area contributed by atoms with E-state index in [9.17, 15) is 18.0 Å². The van der Waals surface area contributed by atoms with Gasteiger partial charge in [-0.3, -0.25) is 9.48 Å². The number of amides is 1. The van der Waals surface area contributed by atoms with Crippen LogP contribution >= 0.6 is 0 Å². The molecular formula is C19H19F3N6O2. The number of pyridine rings is 1. The van der Waals surface area contributed by atoms with Crippen LogP contribution in [0.2, 0.25) is 0 Å². The molecule has 2 heterocycles. The van der Waals surface area contributed by atoms with Crippen LogP contribution in [0, 0.1) is 6.92 Å². The zero-order chi connectivity index (χ0) is 21.9. The number of aromatic nitrogens is 3. The average molecular weight is 420 g/mol. The Morgan fingerprint density at radius 3 is 2.63 bits per heavy atom. The summed E-state index contributed by atoms with van der Waals surface area (Å²) >= 11 is 0. The standard InChI is InChI=1S/C19H19F3N6O2/c1-11-7-17(28(2)27-11)26-16-8-14(13(9-24-16)19(20,21)22)25-10-30-15-6-4-3-5-12(15)18(23)29/h3-9H,10H2,1-2H3,(H2,23,29)(H2,24,25,26). The second-order valence-electron chi connectivity index (χ2n) is 6.36. The van der Waals surface area contributed by atoms with Crippen LogP contribution in [-0.4, -0.2) is 27.4 Å². The molecule has 1 amide bonds. The molecule has 1 aromatic carbocycles. The number of carbonyl (C=O) groups is 1. The molecule has 30 heavy (non-hydrogen) atoms. The zero-order valence-electron chi connectivity index (χ0n) is 16.1. The van der Waals surface area contributed by atoms with Crippen molar-refractivity contribution in [3.63, 3.8) is 0 Å². The van der Waals surface area contributed by atoms with Gasteiger partial charge in [0, 0.05) is 25.4 Å². The smallest absolute Gasteiger partial charge is 0.419 e. The minimum Gasteiger partial charge on any atom is -0.472 e. The molecule has 0 spiro atoms. The first-order valence-corrected chi connectivity index (χ1v) is 8.75. The summed E-state index contributed by atoms with van der Waals surface area (Å²) in [5, 5.41) is 9.67. The fraction of sp³-hybridized carbons (Fsp3) is 0.211. The lowest BCUT2D eigenvalue weighted by Crippen LogP contribution is -2.18. The number of aryl methyl sites for hydroxylation is 2. The van der Waals surface area contributed by atoms with Gasteiger partial charge in [-0.25, -0.2) is 4.98 Å². The zero-order valence-corrected chi connectivity index (χ0v) is 16.1. The van der Waals surface area contributed by atoms with Crippen molar-refractivity contribution in [3.8, 4) is 5.75 Å². The van der Waals surface area contributed by atoms with Crippen LogP contribution in [0.25, 0.3) is 0 Å². The third-order valence-corrected chi connectivity index (χ3v) is 4.11. The van der Waals surface area contributed by atoms with Crippen molar-refractivity contribution in [2.24, 2.45) is 12.8 Å². The molecule has 2 aromatic heterocycles. The Balaban J connectivity index is 1.81. The van der Waals surface area contributed by atoms with Gasteiger partial charge in [-0.05, 0) is 19.1 Å². The highest BCUT2D eigenvalue weighted by Gasteiger charge is 2.34. The Kier molecular flexibility index (Phi) is 5.81. The number of carbonyl (C=O) groups excluding carboxylic acids is 1. The van der Waals surface area contributed by atoms with E-state index in [4.69, 9.17) is 10.5 Å². The largest absolute Gasteiger partial charge is 0.472 e. The van der Waals surface area contributed by atoms with Crippen molar-refractivity contribution < 1.29 is 22.7 Å². The molecule has 0 aliphatic heterocycles. The second-order valence-corrected chi connectivity index (χ2v) is 6.36. The van der Waals surface area contributed by atoms with Gasteiger partial charge >= 0.3 is 6.18 Å². The van der Waals surface area contributed by atoms with E-state index in [1.54, 1.807) is 36.9 Å². The van der Waals surface area contributed by atoms with Gasteiger partial charge in [0.05, 0.1) is 22.5 Å². The molecule has 0 unspecified atom stereocenters. The minimum absolute atomic E-state index is 0.124. The maximum Gasteiger partial charge on any atom is 0.419 e. The number of benzene rings is 1. The Hall–Kier alpha value is -3.76. The van der Waals surface area contributed by atoms with Gasteiger partial charge in [-0.15, -0.1) is 0 Å². The summed E-state index contributed by atoms with van der Waals surface area (Å²) in [6.07, 6.45) is -3.90. The Morgan fingerprint density at radius 1 is 1.27 bits per heavy atom. The quantitative estimate of drug-likeness (QED) is 0.506. The van der Waals surface area contributed by atoms with E-state index >= 15 is 0 Å². The molecule has 8 nitrogen and oxygen atoms in total. The van der Waals surface area contributed by atoms with Crippen LogP contribution in [0.3, 0.4) is 0 Å². The lowest BCUT2D eigenvalue weighted by atomic mass is 10.2. The fourth-order valence-corrected chi connectivity index (χ4v) is 2.74. The van der Waals surface area contributed by atoms with Crippen LogP contribution in [0.5, 0.6) is 5.75 Å². The molecular weight excluding hydrogens is 401 g/mol. The Morgan fingerprint density at radius 2 is 2.00 bits per heavy atom. The first kappa shape index (κ1) is 21.0. The molecule has 4 N–H and O–H groups in total. The number of hydrogen-bond acceptors (Lipinski definition) is 6. The summed E-state index contributed by atoms with van der Waals surface area (Å²) in [5.74, 6) is 0.204. The summed E-state index contributed by atoms with van der Waals surface area (Å²) in [6.45, 7) is 1.46. The lowest BCUT2D eigenvalue weighted by molar-refractivity contribution is -0.137. The van der Waals surface area contributed by atoms with Crippen molar-refractivity contribution in [1.29, 1.82) is 0 Å². The number of alkyl halides is 3. The maximum absolute atomic E-state index is 13.4. The lowest BCUT2D eigenvalue weighted by Gasteiger charge is -2.17. The van der Waals surface area contributed by atoms with E-state index in [1.165, 1.54) is 18.2 Å². The fourth-order valence-electron chi connectivity index (χ4n) is 2.74. The molecule has 0 atom stereocenters. The molecule has 158 valence electrons. The normalized spacial score (nSPS) is 11.2. The van der Waals surface area contributed by atoms with Crippen LogP contribution in [-0.2, 0) is 13.2 Å². The Labute approximate surface area is 169 Å². The van der Waals surface area contributed by atoms with E-state index in [1.807, 2.05) is 0 Å². The summed E-state index contributed by atoms with van der Waals surface area (Å²) in [6, 6.07) is 9.13. The van der Waals surface area contributed by atoms with Gasteiger partial charge in [0.25, 0.3) is 5.91 Å². The summed E-state index contributed by atoms with van der Waals surface area (Å²) < 4.78 is 47.1. The molecule has 0 bridgehead atoms. The van der Waals surface area contributed by atoms with E-state index < -0.39 is 17.6 Å². The number of hydrogen-bond donors (Lipinski definition) is 3. The average Bonchev–Trinajstić information content (AvgIpc) is 2.98. The number of halogens is 3. The highest BCUT2D eigenvalue weighted by atomic mass is 19.4. The first-order chi connectivity index (χ1) is 14.1. The molecule has 0 aliphatic carbocycles. The van der Waals surface area contributed by atoms with Crippen LogP contribution in [0.15, 0.2) is 42.6 Å². The molecule has 3 rings (SSSR count). The van der Waals surface area contributed by atoms with Gasteiger partial charge in [-0.2, -0.15) is 18.3 Å². The van der Waals surface area contributed by atoms with E-state index in [0.717, 1.165) is 11.9 Å². The molecule has 0 radical (unpaired) electrons. The number of para-hydroxylation sites is 1. The number of anilines is 3. The molecule has 11 heteroatoms. The number of nitrogens with one attached hydrogen (secondary N) is 2. The monoisotopic (exact) mass is 420 g/mol. The van der Waals surface area contributed by atoms with Gasteiger partial charge < -0.3 is 21.1 Å². The van der Waals surface area contributed by atoms with Crippen molar-refractivity contribution in [3.05, 3.63) is 59.4 Å². The molecule has 0 saturated heterocycles. The van der Waals surface area contributed by atoms with E-state index in [-0.39, 0.29) is 29.5 Å². The molecule has 0 aliphatic rings. The number of rotatable bonds is 7. The number of primary amides is 1. The third-order valence-electron chi connectivity index (χ3n) is 4.11. The van der Waals surface area contributed by atoms with Crippen molar-refractivity contribution in [2.45, 2.75) is 13.1 Å². The predicted molar refractivity (Wildman–Crippen MR) is 105 cm³/mol. The van der Waals surface area contributed by atoms with Crippen LogP contribution in [0.4, 0.5) is 30.5 Å². The minimum atomic E-state index is -4.62. The first-order valence-electron chi connectivity index (χ1n) is 8.75. The molecule has 0 fully saturated rings. The van der Waals surface area contributed by atoms with Crippen LogP contribution in [0.1, 0.15) is 21.6 Å². The van der Waals surface area contributed by atoms with Crippen LogP contribution < -0.4 is 21.1 Å². The Bertz CT molecular complexity index is 1060. The highest BCUT2D eigenvalue weighted by Crippen LogP contribution is 2.35.